The lowest BCUT2D eigenvalue weighted by Crippen LogP contribution is -2.24. The molecule has 29 heavy (non-hydrogen) atoms. The molecule has 6 nitrogen and oxygen atoms in total. The first-order valence-corrected chi connectivity index (χ1v) is 10.3. The third-order valence-electron chi connectivity index (χ3n) is 4.33. The predicted molar refractivity (Wildman–Crippen MR) is 110 cm³/mol. The van der Waals surface area contributed by atoms with E-state index in [-0.39, 0.29) is 5.78 Å². The Labute approximate surface area is 173 Å². The van der Waals surface area contributed by atoms with Gasteiger partial charge in [-0.15, -0.1) is 11.8 Å². The number of aromatic nitrogens is 2. The van der Waals surface area contributed by atoms with Crippen LogP contribution in [0.1, 0.15) is 51.8 Å². The van der Waals surface area contributed by atoms with Crippen molar-refractivity contribution in [3.63, 3.8) is 0 Å². The lowest BCUT2D eigenvalue weighted by Gasteiger charge is -2.14. The molecule has 0 fully saturated rings. The molecule has 1 unspecified atom stereocenters. The van der Waals surface area contributed by atoms with Crippen LogP contribution < -0.4 is 0 Å². The molecule has 0 saturated carbocycles. The Bertz CT molecular complexity index is 998. The zero-order valence-corrected chi connectivity index (χ0v) is 17.4. The van der Waals surface area contributed by atoms with E-state index in [1.807, 2.05) is 24.3 Å². The lowest BCUT2D eigenvalue weighted by molar-refractivity contribution is 0.0315. The number of ketones is 1. The fraction of sp³-hybridized carbons (Fsp3) is 0.273. The van der Waals surface area contributed by atoms with Gasteiger partial charge in [0.15, 0.2) is 11.9 Å². The molecular weight excluding hydrogens is 388 g/mol. The van der Waals surface area contributed by atoms with Crippen molar-refractivity contribution in [2.45, 2.75) is 43.9 Å². The number of aryl methyl sites for hydroxylation is 2. The Morgan fingerprint density at radius 3 is 2.52 bits per heavy atom. The summed E-state index contributed by atoms with van der Waals surface area (Å²) in [6.07, 6.45) is 0.0167. The number of ether oxygens (including phenoxy) is 1. The van der Waals surface area contributed by atoms with E-state index < -0.39 is 12.1 Å². The van der Waals surface area contributed by atoms with Crippen molar-refractivity contribution in [2.24, 2.45) is 0 Å². The van der Waals surface area contributed by atoms with E-state index in [0.29, 0.717) is 28.6 Å². The van der Waals surface area contributed by atoms with E-state index >= 15 is 0 Å². The summed E-state index contributed by atoms with van der Waals surface area (Å²) in [5.41, 5.74) is 2.07. The number of esters is 1. The van der Waals surface area contributed by atoms with Gasteiger partial charge < -0.3 is 9.26 Å². The fourth-order valence-corrected chi connectivity index (χ4v) is 3.59. The number of hydrogen-bond acceptors (Lipinski definition) is 7. The fourth-order valence-electron chi connectivity index (χ4n) is 2.72. The third kappa shape index (κ3) is 5.32. The normalized spacial score (nSPS) is 11.8. The van der Waals surface area contributed by atoms with Crippen molar-refractivity contribution in [1.82, 2.24) is 10.1 Å². The zero-order chi connectivity index (χ0) is 20.8. The van der Waals surface area contributed by atoms with Crippen molar-refractivity contribution in [3.8, 4) is 0 Å². The number of hydrogen-bond donors (Lipinski definition) is 0. The largest absolute Gasteiger partial charge is 0.451 e. The minimum absolute atomic E-state index is 0.229. The number of carbonyl (C=O) groups excluding carboxylic acids is 2. The number of thioether (sulfide) groups is 1. The van der Waals surface area contributed by atoms with Gasteiger partial charge in [0.1, 0.15) is 0 Å². The van der Waals surface area contributed by atoms with Crippen LogP contribution in [0.4, 0.5) is 0 Å². The van der Waals surface area contributed by atoms with Crippen LogP contribution in [-0.4, -0.2) is 28.0 Å². The van der Waals surface area contributed by atoms with Gasteiger partial charge in [-0.25, -0.2) is 4.79 Å². The highest BCUT2D eigenvalue weighted by Crippen LogP contribution is 2.27. The molecule has 0 saturated heterocycles. The SMILES string of the molecule is CCc1ccc(C(=O)C(C)OC(=O)c2ccccc2SCc2nc(C)no2)cc1. The van der Waals surface area contributed by atoms with Gasteiger partial charge in [0, 0.05) is 10.5 Å². The maximum Gasteiger partial charge on any atom is 0.339 e. The molecule has 0 radical (unpaired) electrons. The molecule has 0 aliphatic heterocycles. The highest BCUT2D eigenvalue weighted by Gasteiger charge is 2.22. The van der Waals surface area contributed by atoms with Crippen molar-refractivity contribution in [3.05, 3.63) is 76.9 Å². The van der Waals surface area contributed by atoms with Gasteiger partial charge in [-0.2, -0.15) is 4.98 Å². The number of benzene rings is 2. The predicted octanol–water partition coefficient (Wildman–Crippen LogP) is 4.66. The quantitative estimate of drug-likeness (QED) is 0.303. The first-order chi connectivity index (χ1) is 14.0. The summed E-state index contributed by atoms with van der Waals surface area (Å²) in [5.74, 6) is 0.708. The standard InChI is InChI=1S/C22H22N2O4S/c1-4-16-9-11-17(12-10-16)21(25)14(2)27-22(26)18-7-5-6-8-19(18)29-13-20-23-15(3)24-28-20/h5-12,14H,4,13H2,1-3H3. The van der Waals surface area contributed by atoms with Gasteiger partial charge in [-0.05, 0) is 38.0 Å². The Morgan fingerprint density at radius 1 is 1.14 bits per heavy atom. The first kappa shape index (κ1) is 20.8. The van der Waals surface area contributed by atoms with E-state index in [0.717, 1.165) is 16.9 Å². The highest BCUT2D eigenvalue weighted by atomic mass is 32.2. The van der Waals surface area contributed by atoms with Crippen LogP contribution in [0.15, 0.2) is 57.9 Å². The Morgan fingerprint density at radius 2 is 1.86 bits per heavy atom. The topological polar surface area (TPSA) is 82.3 Å². The summed E-state index contributed by atoms with van der Waals surface area (Å²) in [7, 11) is 0. The van der Waals surface area contributed by atoms with Crippen LogP contribution in [0, 0.1) is 6.92 Å². The van der Waals surface area contributed by atoms with Crippen molar-refractivity contribution in [2.75, 3.05) is 0 Å². The number of Topliss-reactive ketones (excluding diaryl/α,β-unsaturated/α-hetero) is 1. The molecule has 150 valence electrons. The lowest BCUT2D eigenvalue weighted by atomic mass is 10.0. The second-order valence-electron chi connectivity index (χ2n) is 6.48. The molecule has 0 spiro atoms. The molecule has 3 rings (SSSR count). The van der Waals surface area contributed by atoms with Gasteiger partial charge >= 0.3 is 5.97 Å². The van der Waals surface area contributed by atoms with Crippen molar-refractivity contribution < 1.29 is 18.8 Å². The van der Waals surface area contributed by atoms with Crippen molar-refractivity contribution >= 4 is 23.5 Å². The molecule has 0 N–H and O–H groups in total. The smallest absolute Gasteiger partial charge is 0.339 e. The van der Waals surface area contributed by atoms with Crippen LogP contribution in [0.5, 0.6) is 0 Å². The molecule has 1 heterocycles. The molecule has 0 aliphatic carbocycles. The van der Waals surface area contributed by atoms with Gasteiger partial charge in [-0.3, -0.25) is 4.79 Å². The molecule has 0 aliphatic rings. The van der Waals surface area contributed by atoms with E-state index in [1.165, 1.54) is 11.8 Å². The summed E-state index contributed by atoms with van der Waals surface area (Å²) in [6.45, 7) is 5.39. The number of rotatable bonds is 8. The monoisotopic (exact) mass is 410 g/mol. The third-order valence-corrected chi connectivity index (χ3v) is 5.39. The maximum atomic E-state index is 12.7. The molecular formula is C22H22N2O4S. The highest BCUT2D eigenvalue weighted by molar-refractivity contribution is 7.98. The molecule has 3 aromatic rings. The average molecular weight is 410 g/mol. The summed E-state index contributed by atoms with van der Waals surface area (Å²) in [6, 6.07) is 14.4. The molecule has 0 amide bonds. The Kier molecular flexibility index (Phi) is 6.82. The summed E-state index contributed by atoms with van der Waals surface area (Å²) < 4.78 is 10.6. The number of nitrogens with zero attached hydrogens (tertiary/aromatic N) is 2. The van der Waals surface area contributed by atoms with Crippen LogP contribution in [0.3, 0.4) is 0 Å². The molecule has 1 atom stereocenters. The van der Waals surface area contributed by atoms with Gasteiger partial charge in [0.05, 0.1) is 11.3 Å². The Hall–Kier alpha value is -2.93. The molecule has 7 heteroatoms. The van der Waals surface area contributed by atoms with Crippen LogP contribution >= 0.6 is 11.8 Å². The second kappa shape index (κ2) is 9.52. The van der Waals surface area contributed by atoms with Crippen LogP contribution in [0.2, 0.25) is 0 Å². The van der Waals surface area contributed by atoms with E-state index in [9.17, 15) is 9.59 Å². The Balaban J connectivity index is 1.67. The minimum atomic E-state index is -0.883. The van der Waals surface area contributed by atoms with Gasteiger partial charge in [0.25, 0.3) is 0 Å². The molecule has 2 aromatic carbocycles. The van der Waals surface area contributed by atoms with Gasteiger partial charge in [-0.1, -0.05) is 48.5 Å². The van der Waals surface area contributed by atoms with E-state index in [1.54, 1.807) is 38.1 Å². The van der Waals surface area contributed by atoms with Crippen molar-refractivity contribution in [1.29, 1.82) is 0 Å². The van der Waals surface area contributed by atoms with E-state index in [4.69, 9.17) is 9.26 Å². The minimum Gasteiger partial charge on any atom is -0.451 e. The van der Waals surface area contributed by atoms with Gasteiger partial charge in [0.2, 0.25) is 11.7 Å². The number of carbonyl (C=O) groups is 2. The summed E-state index contributed by atoms with van der Waals surface area (Å²) >= 11 is 1.40. The summed E-state index contributed by atoms with van der Waals surface area (Å²) in [5, 5.41) is 3.76. The van der Waals surface area contributed by atoms with Crippen LogP contribution in [0.25, 0.3) is 0 Å². The average Bonchev–Trinajstić information content (AvgIpc) is 3.17. The second-order valence-corrected chi connectivity index (χ2v) is 7.50. The van der Waals surface area contributed by atoms with Crippen LogP contribution in [-0.2, 0) is 16.9 Å². The summed E-state index contributed by atoms with van der Waals surface area (Å²) in [4.78, 5) is 30.2. The maximum absolute atomic E-state index is 12.7. The molecule has 1 aromatic heterocycles. The zero-order valence-electron chi connectivity index (χ0n) is 16.5. The first-order valence-electron chi connectivity index (χ1n) is 9.33. The van der Waals surface area contributed by atoms with E-state index in [2.05, 4.69) is 17.1 Å². The molecule has 0 bridgehead atoms.